The van der Waals surface area contributed by atoms with Crippen LogP contribution in [0.5, 0.6) is 0 Å². The fourth-order valence-corrected chi connectivity index (χ4v) is 1.58. The molecule has 0 spiro atoms. The van der Waals surface area contributed by atoms with Crippen LogP contribution in [0.2, 0.25) is 0 Å². The molecule has 0 aliphatic heterocycles. The van der Waals surface area contributed by atoms with Crippen molar-refractivity contribution >= 4 is 11.7 Å². The van der Waals surface area contributed by atoms with Gasteiger partial charge in [0.1, 0.15) is 11.5 Å². The summed E-state index contributed by atoms with van der Waals surface area (Å²) in [4.78, 5) is 14.4. The van der Waals surface area contributed by atoms with Crippen LogP contribution in [0.15, 0.2) is 36.5 Å². The molecule has 100 valence electrons. The molecular weight excluding hydrogens is 261 g/mol. The molecule has 0 amide bonds. The van der Waals surface area contributed by atoms with Crippen molar-refractivity contribution in [2.24, 2.45) is 0 Å². The fourth-order valence-electron chi connectivity index (χ4n) is 1.58. The highest BCUT2D eigenvalue weighted by Gasteiger charge is 2.05. The van der Waals surface area contributed by atoms with E-state index >= 15 is 0 Å². The molecule has 2 N–H and O–H groups in total. The van der Waals surface area contributed by atoms with Crippen molar-refractivity contribution in [1.29, 1.82) is 5.26 Å². The molecule has 0 bridgehead atoms. The van der Waals surface area contributed by atoms with Gasteiger partial charge in [-0.15, -0.1) is 0 Å². The lowest BCUT2D eigenvalue weighted by Crippen LogP contribution is -2.04. The first-order chi connectivity index (χ1) is 9.60. The zero-order chi connectivity index (χ0) is 14.5. The first kappa shape index (κ1) is 13.5. The van der Waals surface area contributed by atoms with E-state index in [9.17, 15) is 9.18 Å². The molecule has 2 rings (SSSR count). The van der Waals surface area contributed by atoms with Gasteiger partial charge in [-0.1, -0.05) is 6.07 Å². The SMILES string of the molecule is N#Cc1ccc(NCc2ccc(C(=O)O)nc2)c(F)c1. The maximum atomic E-state index is 13.6. The molecule has 0 aliphatic carbocycles. The fraction of sp³-hybridized carbons (Fsp3) is 0.0714. The molecule has 2 aromatic rings. The molecule has 6 heteroatoms. The third-order valence-electron chi connectivity index (χ3n) is 2.63. The monoisotopic (exact) mass is 271 g/mol. The number of rotatable bonds is 4. The van der Waals surface area contributed by atoms with Crippen molar-refractivity contribution in [3.05, 3.63) is 59.2 Å². The van der Waals surface area contributed by atoms with E-state index in [4.69, 9.17) is 10.4 Å². The Morgan fingerprint density at radius 3 is 2.75 bits per heavy atom. The minimum absolute atomic E-state index is 0.0432. The maximum absolute atomic E-state index is 13.6. The molecule has 1 heterocycles. The number of pyridine rings is 1. The van der Waals surface area contributed by atoms with Gasteiger partial charge in [-0.25, -0.2) is 14.2 Å². The smallest absolute Gasteiger partial charge is 0.354 e. The molecule has 0 saturated heterocycles. The number of hydrogen-bond acceptors (Lipinski definition) is 4. The van der Waals surface area contributed by atoms with Gasteiger partial charge >= 0.3 is 5.97 Å². The molecule has 0 saturated carbocycles. The van der Waals surface area contributed by atoms with Gasteiger partial charge in [0, 0.05) is 12.7 Å². The summed E-state index contributed by atoms with van der Waals surface area (Å²) in [5.41, 5.74) is 1.20. The van der Waals surface area contributed by atoms with Crippen LogP contribution in [0.4, 0.5) is 10.1 Å². The minimum Gasteiger partial charge on any atom is -0.477 e. The summed E-state index contributed by atoms with van der Waals surface area (Å²) in [6.45, 7) is 0.301. The molecule has 20 heavy (non-hydrogen) atoms. The van der Waals surface area contributed by atoms with Gasteiger partial charge in [-0.3, -0.25) is 0 Å². The summed E-state index contributed by atoms with van der Waals surface area (Å²) in [6, 6.07) is 8.97. The zero-order valence-electron chi connectivity index (χ0n) is 10.3. The number of benzene rings is 1. The Morgan fingerprint density at radius 2 is 2.20 bits per heavy atom. The summed E-state index contributed by atoms with van der Waals surface area (Å²) in [6.07, 6.45) is 1.41. The largest absolute Gasteiger partial charge is 0.477 e. The van der Waals surface area contributed by atoms with Gasteiger partial charge in [-0.2, -0.15) is 5.26 Å². The Kier molecular flexibility index (Phi) is 3.91. The van der Waals surface area contributed by atoms with Crippen LogP contribution in [-0.2, 0) is 6.54 Å². The van der Waals surface area contributed by atoms with E-state index in [0.717, 1.165) is 11.6 Å². The van der Waals surface area contributed by atoms with Crippen molar-refractivity contribution in [3.8, 4) is 6.07 Å². The second kappa shape index (κ2) is 5.80. The number of carboxylic acid groups (broad SMARTS) is 1. The van der Waals surface area contributed by atoms with Gasteiger partial charge in [0.15, 0.2) is 0 Å². The van der Waals surface area contributed by atoms with Crippen molar-refractivity contribution in [2.75, 3.05) is 5.32 Å². The lowest BCUT2D eigenvalue weighted by atomic mass is 10.2. The summed E-state index contributed by atoms with van der Waals surface area (Å²) in [5, 5.41) is 20.2. The van der Waals surface area contributed by atoms with Crippen LogP contribution in [0.1, 0.15) is 21.6 Å². The first-order valence-electron chi connectivity index (χ1n) is 5.72. The Morgan fingerprint density at radius 1 is 1.40 bits per heavy atom. The zero-order valence-corrected chi connectivity index (χ0v) is 10.3. The first-order valence-corrected chi connectivity index (χ1v) is 5.72. The van der Waals surface area contributed by atoms with E-state index in [1.807, 2.05) is 6.07 Å². The quantitative estimate of drug-likeness (QED) is 0.891. The van der Waals surface area contributed by atoms with Crippen molar-refractivity contribution in [1.82, 2.24) is 4.98 Å². The highest BCUT2D eigenvalue weighted by molar-refractivity contribution is 5.85. The van der Waals surface area contributed by atoms with Crippen LogP contribution in [0, 0.1) is 17.1 Å². The predicted molar refractivity (Wildman–Crippen MR) is 69.6 cm³/mol. The summed E-state index contributed by atoms with van der Waals surface area (Å²) >= 11 is 0. The lowest BCUT2D eigenvalue weighted by molar-refractivity contribution is 0.0690. The number of nitrogens with one attached hydrogen (secondary N) is 1. The van der Waals surface area contributed by atoms with Crippen LogP contribution < -0.4 is 5.32 Å². The molecule has 1 aromatic heterocycles. The van der Waals surface area contributed by atoms with Crippen LogP contribution in [-0.4, -0.2) is 16.1 Å². The Bertz CT molecular complexity index is 678. The Balaban J connectivity index is 2.05. The normalized spacial score (nSPS) is 9.80. The number of nitrogens with zero attached hydrogens (tertiary/aromatic N) is 2. The van der Waals surface area contributed by atoms with Gasteiger partial charge < -0.3 is 10.4 Å². The standard InChI is InChI=1S/C14H10FN3O2/c15-11-5-9(6-16)1-3-12(11)17-7-10-2-4-13(14(19)20)18-8-10/h1-5,8,17H,7H2,(H,19,20). The van der Waals surface area contributed by atoms with Gasteiger partial charge in [0.05, 0.1) is 17.3 Å². The average molecular weight is 271 g/mol. The van der Waals surface area contributed by atoms with E-state index in [1.54, 1.807) is 6.07 Å². The highest BCUT2D eigenvalue weighted by Crippen LogP contribution is 2.16. The van der Waals surface area contributed by atoms with Gasteiger partial charge in [0.2, 0.25) is 0 Å². The van der Waals surface area contributed by atoms with Crippen LogP contribution in [0.3, 0.4) is 0 Å². The number of nitriles is 1. The number of aromatic nitrogens is 1. The number of aromatic carboxylic acids is 1. The molecular formula is C14H10FN3O2. The molecule has 0 unspecified atom stereocenters. The predicted octanol–water partition coefficient (Wildman–Crippen LogP) is 2.40. The Hall–Kier alpha value is -2.94. The van der Waals surface area contributed by atoms with E-state index in [0.29, 0.717) is 6.54 Å². The van der Waals surface area contributed by atoms with Gasteiger partial charge in [-0.05, 0) is 29.8 Å². The molecule has 5 nitrogen and oxygen atoms in total. The third-order valence-corrected chi connectivity index (χ3v) is 2.63. The van der Waals surface area contributed by atoms with E-state index in [1.165, 1.54) is 24.4 Å². The van der Waals surface area contributed by atoms with Crippen molar-refractivity contribution < 1.29 is 14.3 Å². The number of carboxylic acids is 1. The molecule has 1 aromatic carbocycles. The summed E-state index contributed by atoms with van der Waals surface area (Å²) < 4.78 is 13.6. The highest BCUT2D eigenvalue weighted by atomic mass is 19.1. The molecule has 0 atom stereocenters. The van der Waals surface area contributed by atoms with Crippen LogP contribution >= 0.6 is 0 Å². The van der Waals surface area contributed by atoms with E-state index in [-0.39, 0.29) is 16.9 Å². The number of hydrogen-bond donors (Lipinski definition) is 2. The van der Waals surface area contributed by atoms with Crippen molar-refractivity contribution in [3.63, 3.8) is 0 Å². The minimum atomic E-state index is -1.09. The average Bonchev–Trinajstić information content (AvgIpc) is 2.46. The molecule has 0 fully saturated rings. The number of halogens is 1. The van der Waals surface area contributed by atoms with Crippen molar-refractivity contribution in [2.45, 2.75) is 6.54 Å². The van der Waals surface area contributed by atoms with E-state index in [2.05, 4.69) is 10.3 Å². The lowest BCUT2D eigenvalue weighted by Gasteiger charge is -2.07. The summed E-state index contributed by atoms with van der Waals surface area (Å²) in [7, 11) is 0. The second-order valence-corrected chi connectivity index (χ2v) is 4.02. The summed E-state index contributed by atoms with van der Waals surface area (Å²) in [5.74, 6) is -1.61. The topological polar surface area (TPSA) is 86.0 Å². The maximum Gasteiger partial charge on any atom is 0.354 e. The number of anilines is 1. The second-order valence-electron chi connectivity index (χ2n) is 4.02. The third kappa shape index (κ3) is 3.09. The molecule has 0 radical (unpaired) electrons. The Labute approximate surface area is 114 Å². The van der Waals surface area contributed by atoms with Gasteiger partial charge in [0.25, 0.3) is 0 Å². The van der Waals surface area contributed by atoms with E-state index < -0.39 is 11.8 Å². The number of carbonyl (C=O) groups is 1. The van der Waals surface area contributed by atoms with Crippen LogP contribution in [0.25, 0.3) is 0 Å². The molecule has 0 aliphatic rings.